The Morgan fingerprint density at radius 3 is 1.65 bits per heavy atom. The lowest BCUT2D eigenvalue weighted by molar-refractivity contribution is 0.426. The van der Waals surface area contributed by atoms with E-state index in [0.29, 0.717) is 5.46 Å². The zero-order valence-corrected chi connectivity index (χ0v) is 18.5. The van der Waals surface area contributed by atoms with Crippen molar-refractivity contribution in [2.75, 3.05) is 0 Å². The normalized spacial score (nSPS) is 11.2. The van der Waals surface area contributed by atoms with Gasteiger partial charge in [0.15, 0.2) is 0 Å². The third-order valence-corrected chi connectivity index (χ3v) is 6.45. The minimum atomic E-state index is -1.49. The molecule has 0 saturated heterocycles. The second-order valence-corrected chi connectivity index (χ2v) is 8.49. The van der Waals surface area contributed by atoms with Crippen LogP contribution in [0.3, 0.4) is 0 Å². The van der Waals surface area contributed by atoms with Crippen LogP contribution in [0.1, 0.15) is 0 Å². The Labute approximate surface area is 198 Å². The van der Waals surface area contributed by atoms with Crippen LogP contribution in [0, 0.1) is 0 Å². The average Bonchev–Trinajstić information content (AvgIpc) is 3.23. The van der Waals surface area contributed by atoms with E-state index < -0.39 is 7.12 Å². The van der Waals surface area contributed by atoms with Crippen molar-refractivity contribution in [2.24, 2.45) is 0 Å². The molecule has 162 valence electrons. The lowest BCUT2D eigenvalue weighted by Crippen LogP contribution is -2.29. The molecule has 34 heavy (non-hydrogen) atoms. The van der Waals surface area contributed by atoms with Crippen LogP contribution in [0.15, 0.2) is 121 Å². The maximum atomic E-state index is 9.65. The van der Waals surface area contributed by atoms with Gasteiger partial charge >= 0.3 is 7.12 Å². The first-order valence-corrected chi connectivity index (χ1v) is 11.3. The van der Waals surface area contributed by atoms with Crippen LogP contribution in [-0.2, 0) is 0 Å². The van der Waals surface area contributed by atoms with E-state index in [9.17, 15) is 10.0 Å². The van der Waals surface area contributed by atoms with E-state index in [4.69, 9.17) is 0 Å². The van der Waals surface area contributed by atoms with Crippen molar-refractivity contribution in [3.05, 3.63) is 121 Å². The average molecular weight is 439 g/mol. The van der Waals surface area contributed by atoms with Crippen molar-refractivity contribution in [3.63, 3.8) is 0 Å². The minimum Gasteiger partial charge on any atom is -0.423 e. The number of rotatable bonds is 4. The molecular formula is C30H22BNO2. The number of fused-ring (bicyclic) bond motifs is 3. The molecule has 0 atom stereocenters. The summed E-state index contributed by atoms with van der Waals surface area (Å²) in [5.41, 5.74) is 8.43. The van der Waals surface area contributed by atoms with Gasteiger partial charge in [-0.25, -0.2) is 0 Å². The highest BCUT2D eigenvalue weighted by Gasteiger charge is 2.16. The fourth-order valence-electron chi connectivity index (χ4n) is 4.72. The van der Waals surface area contributed by atoms with Crippen LogP contribution < -0.4 is 5.46 Å². The maximum Gasteiger partial charge on any atom is 0.488 e. The molecule has 0 spiro atoms. The summed E-state index contributed by atoms with van der Waals surface area (Å²) in [6, 6.07) is 41.4. The van der Waals surface area contributed by atoms with Crippen LogP contribution in [0.5, 0.6) is 0 Å². The molecule has 0 aliphatic rings. The SMILES string of the molecule is OB(O)c1ccc2c(c1)c1ccccc1n2-c1ccc(-c2ccc(-c3ccccc3)cc2)cc1. The standard InChI is InChI=1S/C30H22BNO2/c33-31(34)25-16-19-30-28(20-25)27-8-4-5-9-29(27)32(30)26-17-14-24(15-18-26)23-12-10-22(11-13-23)21-6-2-1-3-7-21/h1-20,33-34H. The van der Waals surface area contributed by atoms with Crippen molar-refractivity contribution in [3.8, 4) is 27.9 Å². The molecule has 4 heteroatoms. The van der Waals surface area contributed by atoms with E-state index >= 15 is 0 Å². The molecule has 0 bridgehead atoms. The van der Waals surface area contributed by atoms with Crippen molar-refractivity contribution in [2.45, 2.75) is 0 Å². The fourth-order valence-corrected chi connectivity index (χ4v) is 4.72. The second-order valence-electron chi connectivity index (χ2n) is 8.49. The number of hydrogen-bond donors (Lipinski definition) is 2. The molecule has 6 aromatic rings. The molecule has 0 aliphatic heterocycles. The first-order valence-electron chi connectivity index (χ1n) is 11.3. The van der Waals surface area contributed by atoms with Crippen molar-refractivity contribution in [1.82, 2.24) is 4.57 Å². The van der Waals surface area contributed by atoms with Gasteiger partial charge in [-0.1, -0.05) is 97.1 Å². The largest absolute Gasteiger partial charge is 0.488 e. The van der Waals surface area contributed by atoms with Crippen molar-refractivity contribution in [1.29, 1.82) is 0 Å². The van der Waals surface area contributed by atoms with Crippen molar-refractivity contribution >= 4 is 34.4 Å². The first-order chi connectivity index (χ1) is 16.7. The van der Waals surface area contributed by atoms with Gasteiger partial charge in [0.1, 0.15) is 0 Å². The lowest BCUT2D eigenvalue weighted by atomic mass is 9.80. The Kier molecular flexibility index (Phi) is 5.03. The van der Waals surface area contributed by atoms with Crippen LogP contribution in [0.25, 0.3) is 49.7 Å². The Hall–Kier alpha value is -4.12. The van der Waals surface area contributed by atoms with E-state index in [2.05, 4.69) is 89.5 Å². The molecule has 1 heterocycles. The van der Waals surface area contributed by atoms with Crippen LogP contribution >= 0.6 is 0 Å². The first kappa shape index (κ1) is 20.5. The summed E-state index contributed by atoms with van der Waals surface area (Å²) in [4.78, 5) is 0. The Morgan fingerprint density at radius 1 is 0.471 bits per heavy atom. The minimum absolute atomic E-state index is 0.490. The molecular weight excluding hydrogens is 417 g/mol. The highest BCUT2D eigenvalue weighted by atomic mass is 16.4. The zero-order chi connectivity index (χ0) is 23.1. The molecule has 0 aliphatic carbocycles. The molecule has 0 unspecified atom stereocenters. The van der Waals surface area contributed by atoms with Gasteiger partial charge in [-0.15, -0.1) is 0 Å². The highest BCUT2D eigenvalue weighted by molar-refractivity contribution is 6.59. The van der Waals surface area contributed by atoms with E-state index in [-0.39, 0.29) is 0 Å². The zero-order valence-electron chi connectivity index (χ0n) is 18.5. The molecule has 0 fully saturated rings. The van der Waals surface area contributed by atoms with E-state index in [0.717, 1.165) is 33.1 Å². The van der Waals surface area contributed by atoms with Gasteiger partial charge in [0.05, 0.1) is 11.0 Å². The summed E-state index contributed by atoms with van der Waals surface area (Å²) in [5.74, 6) is 0. The van der Waals surface area contributed by atoms with Gasteiger partial charge in [-0.2, -0.15) is 0 Å². The number of nitrogens with zero attached hydrogens (tertiary/aromatic N) is 1. The van der Waals surface area contributed by atoms with Crippen LogP contribution in [0.4, 0.5) is 0 Å². The molecule has 3 nitrogen and oxygen atoms in total. The van der Waals surface area contributed by atoms with Gasteiger partial charge in [-0.05, 0) is 52.0 Å². The van der Waals surface area contributed by atoms with Gasteiger partial charge in [0.2, 0.25) is 0 Å². The number of benzene rings is 5. The topological polar surface area (TPSA) is 45.4 Å². The summed E-state index contributed by atoms with van der Waals surface area (Å²) in [5, 5.41) is 21.4. The monoisotopic (exact) mass is 439 g/mol. The Balaban J connectivity index is 1.40. The highest BCUT2D eigenvalue weighted by Crippen LogP contribution is 2.32. The number of para-hydroxylation sites is 1. The molecule has 6 rings (SSSR count). The third-order valence-electron chi connectivity index (χ3n) is 6.45. The summed E-state index contributed by atoms with van der Waals surface area (Å²) in [6.45, 7) is 0. The number of hydrogen-bond acceptors (Lipinski definition) is 2. The van der Waals surface area contributed by atoms with E-state index in [1.165, 1.54) is 16.7 Å². The molecule has 1 aromatic heterocycles. The van der Waals surface area contributed by atoms with Gasteiger partial charge in [0.25, 0.3) is 0 Å². The van der Waals surface area contributed by atoms with Crippen LogP contribution in [-0.4, -0.2) is 21.7 Å². The Morgan fingerprint density at radius 2 is 1.00 bits per heavy atom. The summed E-state index contributed by atoms with van der Waals surface area (Å²) >= 11 is 0. The van der Waals surface area contributed by atoms with Crippen molar-refractivity contribution < 1.29 is 10.0 Å². The van der Waals surface area contributed by atoms with E-state index in [1.807, 2.05) is 30.3 Å². The molecule has 2 N–H and O–H groups in total. The molecule has 0 saturated carbocycles. The molecule has 0 radical (unpaired) electrons. The maximum absolute atomic E-state index is 9.65. The summed E-state index contributed by atoms with van der Waals surface area (Å²) in [7, 11) is -1.49. The predicted octanol–water partition coefficient (Wildman–Crippen LogP) is 5.80. The summed E-state index contributed by atoms with van der Waals surface area (Å²) < 4.78 is 2.22. The second kappa shape index (κ2) is 8.34. The summed E-state index contributed by atoms with van der Waals surface area (Å²) in [6.07, 6.45) is 0. The smallest absolute Gasteiger partial charge is 0.423 e. The van der Waals surface area contributed by atoms with Gasteiger partial charge in [0, 0.05) is 16.5 Å². The molecule has 5 aromatic carbocycles. The van der Waals surface area contributed by atoms with Gasteiger partial charge < -0.3 is 14.6 Å². The van der Waals surface area contributed by atoms with E-state index in [1.54, 1.807) is 6.07 Å². The fraction of sp³-hybridized carbons (Fsp3) is 0. The Bertz CT molecular complexity index is 1600. The lowest BCUT2D eigenvalue weighted by Gasteiger charge is -2.10. The predicted molar refractivity (Wildman–Crippen MR) is 141 cm³/mol. The quantitative estimate of drug-likeness (QED) is 0.341. The molecule has 0 amide bonds. The van der Waals surface area contributed by atoms with Gasteiger partial charge in [-0.3, -0.25) is 0 Å². The van der Waals surface area contributed by atoms with Crippen LogP contribution in [0.2, 0.25) is 0 Å². The number of aromatic nitrogens is 1. The third kappa shape index (κ3) is 3.50.